The summed E-state index contributed by atoms with van der Waals surface area (Å²) in [5.74, 6) is -0.402. The van der Waals surface area contributed by atoms with Gasteiger partial charge in [-0.1, -0.05) is 12.1 Å². The third kappa shape index (κ3) is 2.98. The number of aryl methyl sites for hydroxylation is 1. The first-order valence-corrected chi connectivity index (χ1v) is 6.81. The van der Waals surface area contributed by atoms with E-state index < -0.39 is 0 Å². The highest BCUT2D eigenvalue weighted by Crippen LogP contribution is 2.21. The first kappa shape index (κ1) is 13.7. The van der Waals surface area contributed by atoms with Gasteiger partial charge in [-0.15, -0.1) is 11.3 Å². The number of carbonyl (C=O) groups excluding carboxylic acids is 1. The topological polar surface area (TPSA) is 33.2 Å². The number of carbonyl (C=O) groups is 1. The molecule has 1 heterocycles. The smallest absolute Gasteiger partial charge is 0.273 e. The predicted octanol–water partition coefficient (Wildman–Crippen LogP) is 3.42. The first-order chi connectivity index (χ1) is 8.99. The van der Waals surface area contributed by atoms with E-state index in [1.165, 1.54) is 23.5 Å². The third-order valence-corrected chi connectivity index (χ3v) is 3.87. The average Bonchev–Trinajstić information content (AvgIpc) is 2.84. The molecule has 2 rings (SSSR count). The zero-order valence-corrected chi connectivity index (χ0v) is 11.9. The molecular formula is C14H15FN2OS. The lowest BCUT2D eigenvalue weighted by Gasteiger charge is -2.24. The molecule has 100 valence electrons. The molecule has 0 N–H and O–H groups in total. The van der Waals surface area contributed by atoms with Gasteiger partial charge in [-0.25, -0.2) is 9.37 Å². The van der Waals surface area contributed by atoms with Crippen molar-refractivity contribution in [1.82, 2.24) is 9.88 Å². The van der Waals surface area contributed by atoms with E-state index in [1.54, 1.807) is 29.5 Å². The van der Waals surface area contributed by atoms with E-state index >= 15 is 0 Å². The number of amides is 1. The Morgan fingerprint density at radius 2 is 2.00 bits per heavy atom. The molecule has 1 amide bonds. The summed E-state index contributed by atoms with van der Waals surface area (Å²) in [6.45, 7) is 3.77. The fourth-order valence-electron chi connectivity index (χ4n) is 1.78. The maximum Gasteiger partial charge on any atom is 0.273 e. The van der Waals surface area contributed by atoms with Crippen LogP contribution in [-0.4, -0.2) is 22.8 Å². The van der Waals surface area contributed by atoms with Gasteiger partial charge in [0, 0.05) is 12.4 Å². The Balaban J connectivity index is 2.16. The molecule has 1 unspecified atom stereocenters. The van der Waals surface area contributed by atoms with Gasteiger partial charge in [0.05, 0.1) is 11.0 Å². The second-order valence-corrected chi connectivity index (χ2v) is 5.46. The molecule has 0 aliphatic rings. The van der Waals surface area contributed by atoms with Gasteiger partial charge in [0.1, 0.15) is 11.5 Å². The van der Waals surface area contributed by atoms with Gasteiger partial charge < -0.3 is 4.90 Å². The normalized spacial score (nSPS) is 12.2. The highest BCUT2D eigenvalue weighted by molar-refractivity contribution is 7.09. The summed E-state index contributed by atoms with van der Waals surface area (Å²) >= 11 is 1.45. The summed E-state index contributed by atoms with van der Waals surface area (Å²) in [7, 11) is 1.73. The standard InChI is InChI=1S/C14H15FN2OS/c1-9(11-4-6-12(15)7-5-11)17(3)14(18)13-8-19-10(2)16-13/h4-9H,1-3H3. The molecule has 19 heavy (non-hydrogen) atoms. The lowest BCUT2D eigenvalue weighted by molar-refractivity contribution is 0.0737. The Hall–Kier alpha value is -1.75. The first-order valence-electron chi connectivity index (χ1n) is 5.94. The van der Waals surface area contributed by atoms with Crippen molar-refractivity contribution < 1.29 is 9.18 Å². The number of benzene rings is 1. The number of aromatic nitrogens is 1. The molecule has 5 heteroatoms. The highest BCUT2D eigenvalue weighted by atomic mass is 32.1. The second kappa shape index (κ2) is 5.48. The molecule has 0 radical (unpaired) electrons. The molecule has 0 saturated carbocycles. The van der Waals surface area contributed by atoms with E-state index in [-0.39, 0.29) is 17.8 Å². The minimum absolute atomic E-state index is 0.124. The van der Waals surface area contributed by atoms with Crippen molar-refractivity contribution in [2.45, 2.75) is 19.9 Å². The Kier molecular flexibility index (Phi) is 3.95. The fourth-order valence-corrected chi connectivity index (χ4v) is 2.37. The van der Waals surface area contributed by atoms with Crippen molar-refractivity contribution in [2.24, 2.45) is 0 Å². The molecule has 1 aromatic carbocycles. The van der Waals surface area contributed by atoms with Crippen LogP contribution in [0.1, 0.15) is 34.0 Å². The molecule has 1 atom stereocenters. The Morgan fingerprint density at radius 3 is 2.53 bits per heavy atom. The van der Waals surface area contributed by atoms with Crippen LogP contribution in [0, 0.1) is 12.7 Å². The van der Waals surface area contributed by atoms with Crippen LogP contribution in [0.2, 0.25) is 0 Å². The molecular weight excluding hydrogens is 263 g/mol. The molecule has 0 aliphatic heterocycles. The van der Waals surface area contributed by atoms with Crippen LogP contribution in [0.5, 0.6) is 0 Å². The van der Waals surface area contributed by atoms with Crippen LogP contribution in [0.15, 0.2) is 29.6 Å². The largest absolute Gasteiger partial charge is 0.334 e. The van der Waals surface area contributed by atoms with Crippen LogP contribution < -0.4 is 0 Å². The third-order valence-electron chi connectivity index (χ3n) is 3.09. The highest BCUT2D eigenvalue weighted by Gasteiger charge is 2.20. The second-order valence-electron chi connectivity index (χ2n) is 4.40. The van der Waals surface area contributed by atoms with E-state index in [4.69, 9.17) is 0 Å². The molecule has 1 aromatic heterocycles. The SMILES string of the molecule is Cc1nc(C(=O)N(C)C(C)c2ccc(F)cc2)cs1. The van der Waals surface area contributed by atoms with Crippen molar-refractivity contribution in [3.63, 3.8) is 0 Å². The van der Waals surface area contributed by atoms with Gasteiger partial charge in [0.2, 0.25) is 0 Å². The lowest BCUT2D eigenvalue weighted by atomic mass is 10.1. The summed E-state index contributed by atoms with van der Waals surface area (Å²) in [6.07, 6.45) is 0. The number of halogens is 1. The van der Waals surface area contributed by atoms with E-state index in [2.05, 4.69) is 4.98 Å². The van der Waals surface area contributed by atoms with E-state index in [0.29, 0.717) is 5.69 Å². The van der Waals surface area contributed by atoms with Crippen LogP contribution in [-0.2, 0) is 0 Å². The quantitative estimate of drug-likeness (QED) is 0.862. The summed E-state index contributed by atoms with van der Waals surface area (Å²) < 4.78 is 12.9. The van der Waals surface area contributed by atoms with Crippen molar-refractivity contribution >= 4 is 17.2 Å². The number of hydrogen-bond donors (Lipinski definition) is 0. The maximum atomic E-state index is 12.9. The minimum atomic E-state index is -0.278. The molecule has 0 saturated heterocycles. The number of hydrogen-bond acceptors (Lipinski definition) is 3. The Bertz CT molecular complexity index is 579. The molecule has 0 aliphatic carbocycles. The summed E-state index contributed by atoms with van der Waals surface area (Å²) in [4.78, 5) is 18.0. The Morgan fingerprint density at radius 1 is 1.37 bits per heavy atom. The molecule has 3 nitrogen and oxygen atoms in total. The lowest BCUT2D eigenvalue weighted by Crippen LogP contribution is -2.29. The zero-order valence-electron chi connectivity index (χ0n) is 11.1. The van der Waals surface area contributed by atoms with Gasteiger partial charge in [0.15, 0.2) is 0 Å². The van der Waals surface area contributed by atoms with Gasteiger partial charge >= 0.3 is 0 Å². The minimum Gasteiger partial charge on any atom is -0.334 e. The molecule has 0 bridgehead atoms. The van der Waals surface area contributed by atoms with Crippen molar-refractivity contribution in [1.29, 1.82) is 0 Å². The van der Waals surface area contributed by atoms with Crippen molar-refractivity contribution in [3.8, 4) is 0 Å². The van der Waals surface area contributed by atoms with Crippen LogP contribution in [0.4, 0.5) is 4.39 Å². The number of nitrogens with zero attached hydrogens (tertiary/aromatic N) is 2. The summed E-state index contributed by atoms with van der Waals surface area (Å²) in [5, 5.41) is 2.62. The van der Waals surface area contributed by atoms with E-state index in [0.717, 1.165) is 10.6 Å². The zero-order chi connectivity index (χ0) is 14.0. The van der Waals surface area contributed by atoms with Gasteiger partial charge in [-0.2, -0.15) is 0 Å². The molecule has 0 fully saturated rings. The van der Waals surface area contributed by atoms with Crippen LogP contribution in [0.25, 0.3) is 0 Å². The number of thiazole rings is 1. The molecule has 0 spiro atoms. The maximum absolute atomic E-state index is 12.9. The monoisotopic (exact) mass is 278 g/mol. The summed E-state index contributed by atoms with van der Waals surface area (Å²) in [6, 6.07) is 6.05. The van der Waals surface area contributed by atoms with Gasteiger partial charge in [0.25, 0.3) is 5.91 Å². The van der Waals surface area contributed by atoms with Gasteiger partial charge in [-0.05, 0) is 31.5 Å². The predicted molar refractivity (Wildman–Crippen MR) is 73.8 cm³/mol. The van der Waals surface area contributed by atoms with Crippen molar-refractivity contribution in [2.75, 3.05) is 7.05 Å². The molecule has 2 aromatic rings. The fraction of sp³-hybridized carbons (Fsp3) is 0.286. The number of rotatable bonds is 3. The average molecular weight is 278 g/mol. The van der Waals surface area contributed by atoms with Crippen LogP contribution in [0.3, 0.4) is 0 Å². The van der Waals surface area contributed by atoms with E-state index in [1.807, 2.05) is 13.8 Å². The van der Waals surface area contributed by atoms with Crippen LogP contribution >= 0.6 is 11.3 Å². The van der Waals surface area contributed by atoms with E-state index in [9.17, 15) is 9.18 Å². The summed E-state index contributed by atoms with van der Waals surface area (Å²) in [5.41, 5.74) is 1.35. The van der Waals surface area contributed by atoms with Gasteiger partial charge in [-0.3, -0.25) is 4.79 Å². The Labute approximate surface area is 115 Å². The van der Waals surface area contributed by atoms with Crippen molar-refractivity contribution in [3.05, 3.63) is 51.7 Å².